The maximum Gasteiger partial charge on any atom is 0.109 e. The predicted molar refractivity (Wildman–Crippen MR) is 66.2 cm³/mol. The molecule has 1 nitrogen and oxygen atoms in total. The van der Waals surface area contributed by atoms with Crippen LogP contribution in [0, 0.1) is 0 Å². The second-order valence-corrected chi connectivity index (χ2v) is 5.23. The van der Waals surface area contributed by atoms with Crippen molar-refractivity contribution in [2.75, 3.05) is 18.8 Å². The van der Waals surface area contributed by atoms with Crippen LogP contribution in [-0.4, -0.2) is 18.8 Å². The Bertz CT molecular complexity index is 287. The van der Waals surface area contributed by atoms with E-state index in [1.54, 1.807) is 35.3 Å². The first kappa shape index (κ1) is 12.3. The summed E-state index contributed by atoms with van der Waals surface area (Å²) in [6.45, 7) is -0.124. The van der Waals surface area contributed by atoms with Crippen molar-refractivity contribution in [2.24, 2.45) is 0 Å². The Kier molecular flexibility index (Phi) is 5.23. The van der Waals surface area contributed by atoms with Crippen LogP contribution in [0.4, 0.5) is 0 Å². The van der Waals surface area contributed by atoms with Gasteiger partial charge in [0.05, 0.1) is 0 Å². The average molecular weight is 245 g/mol. The van der Waals surface area contributed by atoms with Crippen molar-refractivity contribution >= 4 is 35.3 Å². The molecule has 1 radical (unpaired) electrons. The van der Waals surface area contributed by atoms with Crippen molar-refractivity contribution in [1.82, 2.24) is 0 Å². The van der Waals surface area contributed by atoms with E-state index in [4.69, 9.17) is 0 Å². The second kappa shape index (κ2) is 5.95. The van der Waals surface area contributed by atoms with Gasteiger partial charge < -0.3 is 0 Å². The maximum absolute atomic E-state index is 11.1. The van der Waals surface area contributed by atoms with Gasteiger partial charge in [0, 0.05) is 20.2 Å². The topological polar surface area (TPSA) is 19.9 Å². The normalized spacial score (nSPS) is 10.6. The van der Waals surface area contributed by atoms with Gasteiger partial charge in [0.15, 0.2) is 0 Å². The molecular weight excluding hydrogens is 232 g/mol. The van der Waals surface area contributed by atoms with Gasteiger partial charge in [0.1, 0.15) is 6.61 Å². The minimum absolute atomic E-state index is 0.124. The average Bonchev–Trinajstić information content (AvgIpc) is 2.26. The van der Waals surface area contributed by atoms with Gasteiger partial charge in [-0.25, -0.2) is 5.11 Å². The number of benzene rings is 1. The van der Waals surface area contributed by atoms with Crippen molar-refractivity contribution in [1.29, 1.82) is 0 Å². The van der Waals surface area contributed by atoms with Gasteiger partial charge >= 0.3 is 0 Å². The van der Waals surface area contributed by atoms with E-state index in [1.165, 1.54) is 4.90 Å². The zero-order valence-electron chi connectivity index (χ0n) is 8.49. The molecule has 77 valence electrons. The minimum Gasteiger partial charge on any atom is -0.231 e. The molecule has 0 spiro atoms. The van der Waals surface area contributed by atoms with Gasteiger partial charge in [0.2, 0.25) is 0 Å². The molecular formula is C10H13OS3. The van der Waals surface area contributed by atoms with Crippen LogP contribution in [0.3, 0.4) is 0 Å². The number of hydrogen-bond acceptors (Lipinski definition) is 3. The zero-order chi connectivity index (χ0) is 10.6. The van der Waals surface area contributed by atoms with Crippen molar-refractivity contribution in [3.05, 3.63) is 17.7 Å². The summed E-state index contributed by atoms with van der Waals surface area (Å²) in [5, 5.41) is 11.1. The van der Waals surface area contributed by atoms with E-state index < -0.39 is 0 Å². The summed E-state index contributed by atoms with van der Waals surface area (Å²) >= 11 is 5.02. The number of thioether (sulfide) groups is 3. The summed E-state index contributed by atoms with van der Waals surface area (Å²) in [5.74, 6) is 0. The molecule has 1 rings (SSSR count). The molecule has 0 saturated carbocycles. The molecule has 0 saturated heterocycles. The molecule has 0 aliphatic heterocycles. The lowest BCUT2D eigenvalue weighted by atomic mass is 10.2. The summed E-state index contributed by atoms with van der Waals surface area (Å²) in [4.78, 5) is 3.48. The highest BCUT2D eigenvalue weighted by Crippen LogP contribution is 2.33. The molecule has 1 aromatic rings. The Morgan fingerprint density at radius 1 is 1.00 bits per heavy atom. The van der Waals surface area contributed by atoms with E-state index in [0.29, 0.717) is 0 Å². The number of hydrogen-bond donors (Lipinski definition) is 0. The Balaban J connectivity index is 3.24. The Morgan fingerprint density at radius 2 is 1.50 bits per heavy atom. The van der Waals surface area contributed by atoms with Gasteiger partial charge in [-0.2, -0.15) is 0 Å². The number of rotatable bonds is 4. The predicted octanol–water partition coefficient (Wildman–Crippen LogP) is 3.78. The SMILES string of the molecule is CSc1cc(SC)c(C[O])c(SC)c1. The van der Waals surface area contributed by atoms with E-state index in [2.05, 4.69) is 18.4 Å². The van der Waals surface area contributed by atoms with Gasteiger partial charge in [-0.05, 0) is 30.9 Å². The lowest BCUT2D eigenvalue weighted by molar-refractivity contribution is 0.173. The van der Waals surface area contributed by atoms with Gasteiger partial charge in [0.25, 0.3) is 0 Å². The van der Waals surface area contributed by atoms with Crippen LogP contribution in [0.15, 0.2) is 26.8 Å². The fourth-order valence-electron chi connectivity index (χ4n) is 1.22. The van der Waals surface area contributed by atoms with Crippen molar-refractivity contribution in [3.8, 4) is 0 Å². The van der Waals surface area contributed by atoms with E-state index >= 15 is 0 Å². The molecule has 0 aliphatic carbocycles. The molecule has 0 aromatic heterocycles. The third-order valence-electron chi connectivity index (χ3n) is 1.96. The molecule has 4 heteroatoms. The van der Waals surface area contributed by atoms with Gasteiger partial charge in [-0.1, -0.05) is 0 Å². The van der Waals surface area contributed by atoms with Crippen LogP contribution in [0.1, 0.15) is 5.56 Å². The molecule has 0 unspecified atom stereocenters. The third kappa shape index (κ3) is 2.63. The first-order valence-electron chi connectivity index (χ1n) is 4.13. The van der Waals surface area contributed by atoms with Crippen molar-refractivity contribution < 1.29 is 5.11 Å². The largest absolute Gasteiger partial charge is 0.231 e. The highest BCUT2D eigenvalue weighted by molar-refractivity contribution is 8.00. The monoisotopic (exact) mass is 245 g/mol. The molecule has 0 heterocycles. The lowest BCUT2D eigenvalue weighted by Gasteiger charge is -2.11. The lowest BCUT2D eigenvalue weighted by Crippen LogP contribution is -1.91. The molecule has 0 aliphatic rings. The van der Waals surface area contributed by atoms with Crippen molar-refractivity contribution in [3.63, 3.8) is 0 Å². The Labute approximate surface area is 98.1 Å². The highest BCUT2D eigenvalue weighted by atomic mass is 32.2. The quantitative estimate of drug-likeness (QED) is 0.753. The fraction of sp³-hybridized carbons (Fsp3) is 0.400. The summed E-state index contributed by atoms with van der Waals surface area (Å²) in [6, 6.07) is 4.20. The summed E-state index contributed by atoms with van der Waals surface area (Å²) in [6.07, 6.45) is 6.09. The molecule has 1 aromatic carbocycles. The smallest absolute Gasteiger partial charge is 0.109 e. The van der Waals surface area contributed by atoms with Crippen LogP contribution < -0.4 is 0 Å². The molecule has 0 atom stereocenters. The van der Waals surface area contributed by atoms with Crippen molar-refractivity contribution in [2.45, 2.75) is 21.3 Å². The first-order valence-corrected chi connectivity index (χ1v) is 7.81. The van der Waals surface area contributed by atoms with E-state index in [9.17, 15) is 5.11 Å². The Morgan fingerprint density at radius 3 is 1.79 bits per heavy atom. The third-order valence-corrected chi connectivity index (χ3v) is 4.28. The van der Waals surface area contributed by atoms with Crippen LogP contribution in [-0.2, 0) is 11.7 Å². The Hall–Kier alpha value is 0.230. The van der Waals surface area contributed by atoms with Crippen LogP contribution in [0.25, 0.3) is 0 Å². The van der Waals surface area contributed by atoms with Gasteiger partial charge in [-0.15, -0.1) is 35.3 Å². The van der Waals surface area contributed by atoms with E-state index in [0.717, 1.165) is 15.4 Å². The van der Waals surface area contributed by atoms with Crippen LogP contribution >= 0.6 is 35.3 Å². The van der Waals surface area contributed by atoms with E-state index in [-0.39, 0.29) is 6.61 Å². The zero-order valence-corrected chi connectivity index (χ0v) is 10.9. The highest BCUT2D eigenvalue weighted by Gasteiger charge is 2.09. The maximum atomic E-state index is 11.1. The second-order valence-electron chi connectivity index (χ2n) is 2.65. The van der Waals surface area contributed by atoms with Gasteiger partial charge in [-0.3, -0.25) is 0 Å². The fourth-order valence-corrected chi connectivity index (χ4v) is 3.23. The molecule has 14 heavy (non-hydrogen) atoms. The van der Waals surface area contributed by atoms with E-state index in [1.807, 2.05) is 12.5 Å². The molecule has 0 N–H and O–H groups in total. The summed E-state index contributed by atoms with van der Waals surface area (Å²) in [5.41, 5.74) is 0.947. The minimum atomic E-state index is -0.124. The van der Waals surface area contributed by atoms with Crippen LogP contribution in [0.2, 0.25) is 0 Å². The first-order chi connectivity index (χ1) is 6.76. The molecule has 0 amide bonds. The van der Waals surface area contributed by atoms with Crippen LogP contribution in [0.5, 0.6) is 0 Å². The molecule has 0 bridgehead atoms. The molecule has 0 fully saturated rings. The standard InChI is InChI=1S/C10H13OS3/c1-12-7-4-9(13-2)8(6-11)10(5-7)14-3/h4-5H,6H2,1-3H3. The summed E-state index contributed by atoms with van der Waals surface area (Å²) in [7, 11) is 0. The summed E-state index contributed by atoms with van der Waals surface area (Å²) < 4.78 is 0.